The molecule has 26 heavy (non-hydrogen) atoms. The summed E-state index contributed by atoms with van der Waals surface area (Å²) in [5.41, 5.74) is -0.324. The van der Waals surface area contributed by atoms with Crippen LogP contribution in [0.15, 0.2) is 28.0 Å². The first kappa shape index (κ1) is 20.0. The number of aryl methyl sites for hydroxylation is 1. The first-order valence-electron chi connectivity index (χ1n) is 7.33. The van der Waals surface area contributed by atoms with Gasteiger partial charge in [0.1, 0.15) is 10.7 Å². The predicted octanol–water partition coefficient (Wildman–Crippen LogP) is 1.24. The Labute approximate surface area is 150 Å². The highest BCUT2D eigenvalue weighted by Gasteiger charge is 2.20. The lowest BCUT2D eigenvalue weighted by atomic mass is 10.3. The van der Waals surface area contributed by atoms with Crippen LogP contribution in [-0.4, -0.2) is 47.4 Å². The Morgan fingerprint density at radius 2 is 1.65 bits per heavy atom. The van der Waals surface area contributed by atoms with Crippen LogP contribution in [0, 0.1) is 6.92 Å². The third kappa shape index (κ3) is 5.08. The van der Waals surface area contributed by atoms with Gasteiger partial charge in [0.25, 0.3) is 20.2 Å². The molecule has 0 saturated carbocycles. The van der Waals surface area contributed by atoms with Gasteiger partial charge in [-0.15, -0.1) is 0 Å². The van der Waals surface area contributed by atoms with Gasteiger partial charge in [0, 0.05) is 6.54 Å². The van der Waals surface area contributed by atoms with Gasteiger partial charge in [-0.1, -0.05) is 6.92 Å². The summed E-state index contributed by atoms with van der Waals surface area (Å²) >= 11 is 0. The van der Waals surface area contributed by atoms with Crippen molar-refractivity contribution in [3.05, 3.63) is 24.0 Å². The van der Waals surface area contributed by atoms with Crippen LogP contribution in [0.4, 0.5) is 17.6 Å². The van der Waals surface area contributed by atoms with Crippen molar-refractivity contribution in [1.29, 1.82) is 0 Å². The van der Waals surface area contributed by atoms with Crippen LogP contribution in [0.5, 0.6) is 0 Å². The number of hydrogen-bond donors (Lipinski definition) is 4. The third-order valence-electron chi connectivity index (χ3n) is 3.05. The van der Waals surface area contributed by atoms with E-state index >= 15 is 0 Å². The molecule has 0 aliphatic heterocycles. The summed E-state index contributed by atoms with van der Waals surface area (Å²) in [4.78, 5) is 10.9. The van der Waals surface area contributed by atoms with Gasteiger partial charge in [0.15, 0.2) is 0 Å². The molecule has 1 heterocycles. The Balaban J connectivity index is 2.52. The molecule has 142 valence electrons. The standard InChI is InChI=1S/C13H17N5O6S2/c1-3-6-14-12-15-8(2)16-13(18-12)17-10-7-9(25(19,20)21)4-5-11(10)26(22,23)24/h4-5,7H,3,6H2,1-2H3,(H,19,20,21)(H,22,23,24)(H2,14,15,16,17,18). The Morgan fingerprint density at radius 1 is 1.00 bits per heavy atom. The van der Waals surface area contributed by atoms with Crippen molar-refractivity contribution in [2.45, 2.75) is 30.1 Å². The Kier molecular flexibility index (Phi) is 5.75. The highest BCUT2D eigenvalue weighted by molar-refractivity contribution is 7.86. The van der Waals surface area contributed by atoms with Gasteiger partial charge >= 0.3 is 0 Å². The van der Waals surface area contributed by atoms with Crippen molar-refractivity contribution in [3.63, 3.8) is 0 Å². The number of nitrogens with one attached hydrogen (secondary N) is 2. The molecule has 4 N–H and O–H groups in total. The zero-order valence-corrected chi connectivity index (χ0v) is 15.5. The van der Waals surface area contributed by atoms with Crippen LogP contribution in [0.25, 0.3) is 0 Å². The van der Waals surface area contributed by atoms with Gasteiger partial charge < -0.3 is 10.6 Å². The number of aromatic nitrogens is 3. The van der Waals surface area contributed by atoms with E-state index in [1.165, 1.54) is 0 Å². The van der Waals surface area contributed by atoms with Gasteiger partial charge in [-0.05, 0) is 31.5 Å². The number of hydrogen-bond acceptors (Lipinski definition) is 9. The average Bonchev–Trinajstić information content (AvgIpc) is 2.50. The lowest BCUT2D eigenvalue weighted by Gasteiger charge is -2.12. The van der Waals surface area contributed by atoms with E-state index in [-0.39, 0.29) is 17.6 Å². The zero-order chi connectivity index (χ0) is 19.5. The molecule has 1 aromatic carbocycles. The molecule has 0 saturated heterocycles. The molecule has 0 amide bonds. The molecule has 1 aromatic heterocycles. The normalized spacial score (nSPS) is 12.0. The largest absolute Gasteiger partial charge is 0.354 e. The quantitative estimate of drug-likeness (QED) is 0.490. The molecule has 11 nitrogen and oxygen atoms in total. The van der Waals surface area contributed by atoms with E-state index < -0.39 is 30.0 Å². The van der Waals surface area contributed by atoms with Crippen LogP contribution in [0.1, 0.15) is 19.2 Å². The molecule has 0 aliphatic carbocycles. The van der Waals surface area contributed by atoms with Crippen molar-refractivity contribution in [1.82, 2.24) is 15.0 Å². The second kappa shape index (κ2) is 7.49. The lowest BCUT2D eigenvalue weighted by Crippen LogP contribution is -2.11. The fraction of sp³-hybridized carbons (Fsp3) is 0.308. The van der Waals surface area contributed by atoms with Crippen molar-refractivity contribution in [2.24, 2.45) is 0 Å². The molecule has 2 aromatic rings. The fourth-order valence-electron chi connectivity index (χ4n) is 1.97. The highest BCUT2D eigenvalue weighted by Crippen LogP contribution is 2.27. The molecule has 2 rings (SSSR count). The summed E-state index contributed by atoms with van der Waals surface area (Å²) in [5, 5.41) is 5.47. The molecular weight excluding hydrogens is 386 g/mol. The maximum Gasteiger partial charge on any atom is 0.296 e. The van der Waals surface area contributed by atoms with E-state index in [0.29, 0.717) is 12.4 Å². The zero-order valence-electron chi connectivity index (χ0n) is 13.8. The maximum absolute atomic E-state index is 11.5. The van der Waals surface area contributed by atoms with Gasteiger partial charge in [0.05, 0.1) is 10.6 Å². The molecule has 0 fully saturated rings. The van der Waals surface area contributed by atoms with Crippen molar-refractivity contribution >= 4 is 37.8 Å². The lowest BCUT2D eigenvalue weighted by molar-refractivity contribution is 0.479. The SMILES string of the molecule is CCCNc1nc(C)nc(Nc2cc(S(=O)(=O)O)ccc2S(=O)(=O)O)n1. The average molecular weight is 403 g/mol. The fourth-order valence-corrected chi connectivity index (χ4v) is 3.10. The summed E-state index contributed by atoms with van der Waals surface area (Å²) in [6, 6.07) is 2.53. The summed E-state index contributed by atoms with van der Waals surface area (Å²) in [7, 11) is -9.27. The van der Waals surface area contributed by atoms with E-state index in [9.17, 15) is 21.4 Å². The molecule has 0 atom stereocenters. The Morgan fingerprint density at radius 3 is 2.23 bits per heavy atom. The first-order chi connectivity index (χ1) is 12.0. The molecule has 13 heteroatoms. The van der Waals surface area contributed by atoms with Crippen LogP contribution in [-0.2, 0) is 20.2 Å². The minimum atomic E-state index is -4.68. The van der Waals surface area contributed by atoms with Crippen molar-refractivity contribution in [2.75, 3.05) is 17.2 Å². The second-order valence-corrected chi connectivity index (χ2v) is 8.00. The number of anilines is 3. The van der Waals surface area contributed by atoms with Gasteiger partial charge in [0.2, 0.25) is 11.9 Å². The van der Waals surface area contributed by atoms with E-state index in [2.05, 4.69) is 25.6 Å². The van der Waals surface area contributed by atoms with Crippen LogP contribution in [0.2, 0.25) is 0 Å². The molecular formula is C13H17N5O6S2. The topological polar surface area (TPSA) is 171 Å². The molecule has 0 unspecified atom stereocenters. The van der Waals surface area contributed by atoms with Crippen molar-refractivity contribution < 1.29 is 25.9 Å². The monoisotopic (exact) mass is 403 g/mol. The van der Waals surface area contributed by atoms with Gasteiger partial charge in [-0.3, -0.25) is 9.11 Å². The van der Waals surface area contributed by atoms with E-state index in [1.807, 2.05) is 6.92 Å². The summed E-state index contributed by atoms with van der Waals surface area (Å²) in [5.74, 6) is 0.482. The van der Waals surface area contributed by atoms with Gasteiger partial charge in [-0.25, -0.2) is 0 Å². The Hall–Kier alpha value is -2.35. The maximum atomic E-state index is 11.5. The molecule has 0 spiro atoms. The van der Waals surface area contributed by atoms with Crippen LogP contribution in [0.3, 0.4) is 0 Å². The van der Waals surface area contributed by atoms with Gasteiger partial charge in [-0.2, -0.15) is 31.8 Å². The molecule has 0 radical (unpaired) electrons. The molecule has 0 aliphatic rings. The van der Waals surface area contributed by atoms with E-state index in [1.54, 1.807) is 6.92 Å². The first-order valence-corrected chi connectivity index (χ1v) is 10.2. The van der Waals surface area contributed by atoms with Crippen LogP contribution < -0.4 is 10.6 Å². The van der Waals surface area contributed by atoms with E-state index in [0.717, 1.165) is 24.6 Å². The minimum absolute atomic E-state index is 0.0755. The highest BCUT2D eigenvalue weighted by atomic mass is 32.2. The minimum Gasteiger partial charge on any atom is -0.354 e. The predicted molar refractivity (Wildman–Crippen MR) is 92.7 cm³/mol. The smallest absolute Gasteiger partial charge is 0.296 e. The number of nitrogens with zero attached hydrogens (tertiary/aromatic N) is 3. The third-order valence-corrected chi connectivity index (χ3v) is 4.82. The summed E-state index contributed by atoms with van der Waals surface area (Å²) in [6.45, 7) is 4.12. The van der Waals surface area contributed by atoms with E-state index in [4.69, 9.17) is 4.55 Å². The Bertz CT molecular complexity index is 1020. The number of benzene rings is 1. The molecule has 0 bridgehead atoms. The summed E-state index contributed by atoms with van der Waals surface area (Å²) < 4.78 is 64.1. The number of rotatable bonds is 7. The second-order valence-electron chi connectivity index (χ2n) is 5.19. The van der Waals surface area contributed by atoms with Crippen molar-refractivity contribution in [3.8, 4) is 0 Å². The summed E-state index contributed by atoms with van der Waals surface area (Å²) in [6.07, 6.45) is 0.816. The van der Waals surface area contributed by atoms with Crippen LogP contribution >= 0.6 is 0 Å².